The molecule has 3 nitrogen and oxygen atoms in total. The molecule has 0 amide bonds. The van der Waals surface area contributed by atoms with Gasteiger partial charge in [0.05, 0.1) is 0 Å². The van der Waals surface area contributed by atoms with Gasteiger partial charge in [-0.2, -0.15) is 0 Å². The summed E-state index contributed by atoms with van der Waals surface area (Å²) in [4.78, 5) is 14.7. The summed E-state index contributed by atoms with van der Waals surface area (Å²) in [6.07, 6.45) is 0.702. The fourth-order valence-electron chi connectivity index (χ4n) is 2.47. The van der Waals surface area contributed by atoms with Crippen LogP contribution in [0.2, 0.25) is 0 Å². The highest BCUT2D eigenvalue weighted by Gasteiger charge is 2.21. The Bertz CT molecular complexity index is 593. The van der Waals surface area contributed by atoms with Crippen LogP contribution in [0.25, 0.3) is 0 Å². The number of hydrogen-bond acceptors (Lipinski definition) is 3. The van der Waals surface area contributed by atoms with Crippen LogP contribution in [0.3, 0.4) is 0 Å². The first-order valence-electron chi connectivity index (χ1n) is 7.08. The lowest BCUT2D eigenvalue weighted by molar-refractivity contribution is 0.0896. The molecular weight excluding hydrogens is 262 g/mol. The zero-order valence-corrected chi connectivity index (χ0v) is 12.5. The van der Waals surface area contributed by atoms with E-state index in [1.165, 1.54) is 6.07 Å². The van der Waals surface area contributed by atoms with E-state index in [-0.39, 0.29) is 17.5 Å². The fourth-order valence-corrected chi connectivity index (χ4v) is 2.47. The Morgan fingerprint density at radius 1 is 1.10 bits per heavy atom. The Kier molecular flexibility index (Phi) is 5.12. The third-order valence-corrected chi connectivity index (χ3v) is 3.41. The summed E-state index contributed by atoms with van der Waals surface area (Å²) in [5, 5.41) is 9.55. The molecule has 1 unspecified atom stereocenters. The van der Waals surface area contributed by atoms with Crippen molar-refractivity contribution >= 4 is 5.78 Å². The van der Waals surface area contributed by atoms with Gasteiger partial charge in [0.15, 0.2) is 5.78 Å². The molecule has 0 spiro atoms. The summed E-state index contributed by atoms with van der Waals surface area (Å²) in [5.74, 6) is 0.0804. The van der Waals surface area contributed by atoms with Crippen molar-refractivity contribution in [2.75, 3.05) is 20.6 Å². The summed E-state index contributed by atoms with van der Waals surface area (Å²) in [6.45, 7) is 0.684. The second-order valence-corrected chi connectivity index (χ2v) is 5.56. The molecule has 0 aliphatic heterocycles. The van der Waals surface area contributed by atoms with Gasteiger partial charge in [0.1, 0.15) is 5.75 Å². The number of phenols is 1. The number of carbonyl (C=O) groups excluding carboxylic acids is 1. The lowest BCUT2D eigenvalue weighted by atomic mass is 9.91. The Morgan fingerprint density at radius 3 is 2.43 bits per heavy atom. The van der Waals surface area contributed by atoms with Crippen molar-refractivity contribution in [3.8, 4) is 5.75 Å². The van der Waals surface area contributed by atoms with Crippen molar-refractivity contribution in [2.45, 2.75) is 6.42 Å². The molecule has 2 aromatic rings. The van der Waals surface area contributed by atoms with Crippen LogP contribution in [0.5, 0.6) is 5.75 Å². The maximum absolute atomic E-state index is 12.7. The molecule has 0 heterocycles. The van der Waals surface area contributed by atoms with Crippen LogP contribution in [-0.2, 0) is 6.42 Å². The predicted molar refractivity (Wildman–Crippen MR) is 84.6 cm³/mol. The van der Waals surface area contributed by atoms with Gasteiger partial charge in [-0.25, -0.2) is 0 Å². The third kappa shape index (κ3) is 4.43. The Hall–Kier alpha value is -2.13. The quantitative estimate of drug-likeness (QED) is 0.829. The normalized spacial score (nSPS) is 12.3. The van der Waals surface area contributed by atoms with Gasteiger partial charge in [-0.3, -0.25) is 4.79 Å². The largest absolute Gasteiger partial charge is 0.508 e. The topological polar surface area (TPSA) is 40.5 Å². The van der Waals surface area contributed by atoms with E-state index >= 15 is 0 Å². The summed E-state index contributed by atoms with van der Waals surface area (Å²) in [6, 6.07) is 16.6. The molecule has 0 fully saturated rings. The van der Waals surface area contributed by atoms with Crippen molar-refractivity contribution in [1.82, 2.24) is 4.90 Å². The first-order chi connectivity index (χ1) is 10.1. The summed E-state index contributed by atoms with van der Waals surface area (Å²) in [5.41, 5.74) is 1.72. The van der Waals surface area contributed by atoms with Crippen LogP contribution < -0.4 is 0 Å². The molecule has 21 heavy (non-hydrogen) atoms. The zero-order chi connectivity index (χ0) is 15.2. The van der Waals surface area contributed by atoms with Crippen molar-refractivity contribution in [3.05, 3.63) is 65.7 Å². The highest BCUT2D eigenvalue weighted by molar-refractivity contribution is 5.98. The highest BCUT2D eigenvalue weighted by atomic mass is 16.3. The maximum atomic E-state index is 12.7. The number of ketones is 1. The van der Waals surface area contributed by atoms with Gasteiger partial charge < -0.3 is 10.0 Å². The molecule has 1 N–H and O–H groups in total. The molecule has 1 atom stereocenters. The summed E-state index contributed by atoms with van der Waals surface area (Å²) >= 11 is 0. The van der Waals surface area contributed by atoms with Gasteiger partial charge in [-0.05, 0) is 38.2 Å². The van der Waals surface area contributed by atoms with Crippen LogP contribution in [0.1, 0.15) is 15.9 Å². The van der Waals surface area contributed by atoms with E-state index in [0.29, 0.717) is 18.5 Å². The number of rotatable bonds is 6. The van der Waals surface area contributed by atoms with E-state index in [2.05, 4.69) is 0 Å². The average Bonchev–Trinajstić information content (AvgIpc) is 2.46. The number of Topliss-reactive ketones (excluding diaryl/α,β-unsaturated/α-hetero) is 1. The molecule has 0 aliphatic carbocycles. The SMILES string of the molecule is CN(C)CC(Cc1ccccc1)C(=O)c1cccc(O)c1. The van der Waals surface area contributed by atoms with Gasteiger partial charge >= 0.3 is 0 Å². The van der Waals surface area contributed by atoms with E-state index in [9.17, 15) is 9.90 Å². The number of hydrogen-bond donors (Lipinski definition) is 1. The molecule has 2 aromatic carbocycles. The maximum Gasteiger partial charge on any atom is 0.167 e. The first kappa shape index (κ1) is 15.3. The monoisotopic (exact) mass is 283 g/mol. The lowest BCUT2D eigenvalue weighted by Gasteiger charge is -2.20. The van der Waals surface area contributed by atoms with Gasteiger partial charge in [-0.1, -0.05) is 42.5 Å². The second-order valence-electron chi connectivity index (χ2n) is 5.56. The molecular formula is C18H21NO2. The Balaban J connectivity index is 2.21. The smallest absolute Gasteiger partial charge is 0.167 e. The molecule has 0 saturated carbocycles. The third-order valence-electron chi connectivity index (χ3n) is 3.41. The molecule has 0 aromatic heterocycles. The Morgan fingerprint density at radius 2 is 1.81 bits per heavy atom. The molecule has 0 saturated heterocycles. The second kappa shape index (κ2) is 7.04. The molecule has 3 heteroatoms. The average molecular weight is 283 g/mol. The van der Waals surface area contributed by atoms with Crippen LogP contribution in [0, 0.1) is 5.92 Å². The lowest BCUT2D eigenvalue weighted by Crippen LogP contribution is -2.29. The number of nitrogens with zero attached hydrogens (tertiary/aromatic N) is 1. The first-order valence-corrected chi connectivity index (χ1v) is 7.08. The van der Waals surface area contributed by atoms with Crippen LogP contribution in [-0.4, -0.2) is 36.4 Å². The highest BCUT2D eigenvalue weighted by Crippen LogP contribution is 2.19. The van der Waals surface area contributed by atoms with Crippen molar-refractivity contribution in [2.24, 2.45) is 5.92 Å². The van der Waals surface area contributed by atoms with Crippen LogP contribution in [0.15, 0.2) is 54.6 Å². The van der Waals surface area contributed by atoms with Gasteiger partial charge in [0, 0.05) is 18.0 Å². The van der Waals surface area contributed by atoms with Gasteiger partial charge in [-0.15, -0.1) is 0 Å². The van der Waals surface area contributed by atoms with E-state index in [1.54, 1.807) is 18.2 Å². The van der Waals surface area contributed by atoms with E-state index < -0.39 is 0 Å². The van der Waals surface area contributed by atoms with E-state index in [0.717, 1.165) is 5.56 Å². The molecule has 0 bridgehead atoms. The number of benzene rings is 2. The number of carbonyl (C=O) groups is 1. The Labute approximate surface area is 125 Å². The molecule has 0 radical (unpaired) electrons. The molecule has 0 aliphatic rings. The standard InChI is InChI=1S/C18H21NO2/c1-19(2)13-16(11-14-7-4-3-5-8-14)18(21)15-9-6-10-17(20)12-15/h3-10,12,16,20H,11,13H2,1-2H3. The van der Waals surface area contributed by atoms with E-state index in [1.807, 2.05) is 49.3 Å². The van der Waals surface area contributed by atoms with Crippen molar-refractivity contribution in [3.63, 3.8) is 0 Å². The fraction of sp³-hybridized carbons (Fsp3) is 0.278. The van der Waals surface area contributed by atoms with Crippen molar-refractivity contribution < 1.29 is 9.90 Å². The van der Waals surface area contributed by atoms with Gasteiger partial charge in [0.25, 0.3) is 0 Å². The summed E-state index contributed by atoms with van der Waals surface area (Å²) < 4.78 is 0. The number of aromatic hydroxyl groups is 1. The van der Waals surface area contributed by atoms with Crippen molar-refractivity contribution in [1.29, 1.82) is 0 Å². The predicted octanol–water partition coefficient (Wildman–Crippen LogP) is 3.00. The van der Waals surface area contributed by atoms with Gasteiger partial charge in [0.2, 0.25) is 0 Å². The van der Waals surface area contributed by atoms with Crippen LogP contribution in [0.4, 0.5) is 0 Å². The minimum Gasteiger partial charge on any atom is -0.508 e. The number of phenolic OH excluding ortho intramolecular Hbond substituents is 1. The minimum absolute atomic E-state index is 0.0726. The van der Waals surface area contributed by atoms with E-state index in [4.69, 9.17) is 0 Å². The summed E-state index contributed by atoms with van der Waals surface area (Å²) in [7, 11) is 3.93. The molecule has 110 valence electrons. The van der Waals surface area contributed by atoms with Crippen LogP contribution >= 0.6 is 0 Å². The minimum atomic E-state index is -0.121. The zero-order valence-electron chi connectivity index (χ0n) is 12.5. The molecule has 2 rings (SSSR count).